The Kier molecular flexibility index (Phi) is 9.81. The fourth-order valence-electron chi connectivity index (χ4n) is 5.23. The predicted octanol–water partition coefficient (Wildman–Crippen LogP) is 2.59. The second-order valence-electron chi connectivity index (χ2n) is 9.54. The Morgan fingerprint density at radius 3 is 2.45 bits per heavy atom. The van der Waals surface area contributed by atoms with E-state index in [2.05, 4.69) is 58.2 Å². The van der Waals surface area contributed by atoms with Crippen molar-refractivity contribution in [3.63, 3.8) is 0 Å². The van der Waals surface area contributed by atoms with Crippen LogP contribution in [0.25, 0.3) is 0 Å². The van der Waals surface area contributed by atoms with Crippen molar-refractivity contribution in [2.75, 3.05) is 52.9 Å². The third-order valence-corrected chi connectivity index (χ3v) is 7.18. The first kappa shape index (κ1) is 26.2. The van der Waals surface area contributed by atoms with Crippen LogP contribution in [-0.4, -0.2) is 91.6 Å². The summed E-state index contributed by atoms with van der Waals surface area (Å²) in [6.45, 7) is 11.4. The van der Waals surface area contributed by atoms with E-state index in [0.717, 1.165) is 71.0 Å². The van der Waals surface area contributed by atoms with E-state index in [-0.39, 0.29) is 36.0 Å². The molecule has 4 rings (SSSR count). The van der Waals surface area contributed by atoms with Gasteiger partial charge < -0.3 is 19.9 Å². The summed E-state index contributed by atoms with van der Waals surface area (Å²) in [5.74, 6) is 1.65. The normalized spacial score (nSPS) is 22.7. The van der Waals surface area contributed by atoms with Gasteiger partial charge in [-0.2, -0.15) is 0 Å². The highest BCUT2D eigenvalue weighted by atomic mass is 127. The highest BCUT2D eigenvalue weighted by molar-refractivity contribution is 14.0. The summed E-state index contributed by atoms with van der Waals surface area (Å²) in [5.41, 5.74) is 2.95. The highest BCUT2D eigenvalue weighted by Crippen LogP contribution is 2.23. The van der Waals surface area contributed by atoms with E-state index in [0.29, 0.717) is 18.6 Å². The van der Waals surface area contributed by atoms with E-state index in [1.165, 1.54) is 11.1 Å². The molecule has 3 aliphatic rings. The Bertz CT molecular complexity index is 804. The van der Waals surface area contributed by atoms with Crippen LogP contribution in [0.3, 0.4) is 0 Å². The van der Waals surface area contributed by atoms with Crippen LogP contribution in [0.4, 0.5) is 0 Å². The number of piperazine rings is 1. The summed E-state index contributed by atoms with van der Waals surface area (Å²) in [6, 6.07) is 9.27. The van der Waals surface area contributed by atoms with Gasteiger partial charge in [-0.3, -0.25) is 14.7 Å². The predicted molar refractivity (Wildman–Crippen MR) is 143 cm³/mol. The molecular formula is C25H40IN5O2. The number of rotatable bonds is 5. The van der Waals surface area contributed by atoms with Gasteiger partial charge in [-0.1, -0.05) is 38.1 Å². The van der Waals surface area contributed by atoms with E-state index >= 15 is 0 Å². The van der Waals surface area contributed by atoms with Gasteiger partial charge in [0.05, 0.1) is 0 Å². The number of benzene rings is 1. The summed E-state index contributed by atoms with van der Waals surface area (Å²) in [4.78, 5) is 24.0. The van der Waals surface area contributed by atoms with Crippen LogP contribution in [-0.2, 0) is 22.5 Å². The zero-order chi connectivity index (χ0) is 22.5. The number of ether oxygens (including phenoxy) is 1. The molecule has 1 amide bonds. The Hall–Kier alpha value is -1.39. The minimum absolute atomic E-state index is 0. The molecule has 0 aromatic heterocycles. The van der Waals surface area contributed by atoms with E-state index < -0.39 is 0 Å². The summed E-state index contributed by atoms with van der Waals surface area (Å²) in [5, 5.41) is 3.65. The minimum Gasteiger partial charge on any atom is -0.368 e. The van der Waals surface area contributed by atoms with Gasteiger partial charge in [0.15, 0.2) is 5.96 Å². The van der Waals surface area contributed by atoms with Crippen molar-refractivity contribution in [2.45, 2.75) is 51.8 Å². The lowest BCUT2D eigenvalue weighted by molar-refractivity contribution is -0.142. The van der Waals surface area contributed by atoms with Crippen molar-refractivity contribution < 1.29 is 9.53 Å². The molecule has 2 unspecified atom stereocenters. The molecule has 0 spiro atoms. The molecule has 3 heterocycles. The lowest BCUT2D eigenvalue weighted by atomic mass is 9.95. The average molecular weight is 570 g/mol. The Morgan fingerprint density at radius 2 is 1.82 bits per heavy atom. The van der Waals surface area contributed by atoms with Crippen molar-refractivity contribution >= 4 is 35.8 Å². The number of nitrogens with zero attached hydrogens (tertiary/aromatic N) is 4. The SMILES string of the molecule is CN=C(NCC(C(C)C)N1CCc2ccccc2C1)N1CCN(C(=O)C2CCCO2)CC1.I. The number of fused-ring (bicyclic) bond motifs is 1. The number of amides is 1. The standard InChI is InChI=1S/C25H39N5O2.HI/c1-19(2)22(30-11-10-20-7-4-5-8-21(20)18-30)17-27-25(26-3)29-14-12-28(13-15-29)24(31)23-9-6-16-32-23;/h4-5,7-8,19,22-23H,6,9-18H2,1-3H3,(H,26,27);1H. The van der Waals surface area contributed by atoms with Crippen LogP contribution in [0.2, 0.25) is 0 Å². The number of nitrogens with one attached hydrogen (secondary N) is 1. The van der Waals surface area contributed by atoms with Crippen LogP contribution in [0.5, 0.6) is 0 Å². The number of aliphatic imine (C=N–C) groups is 1. The van der Waals surface area contributed by atoms with Gasteiger partial charge in [-0.05, 0) is 36.3 Å². The van der Waals surface area contributed by atoms with Gasteiger partial charge in [-0.25, -0.2) is 0 Å². The fourth-order valence-corrected chi connectivity index (χ4v) is 5.23. The number of guanidine groups is 1. The molecule has 8 heteroatoms. The highest BCUT2D eigenvalue weighted by Gasteiger charge is 2.31. The van der Waals surface area contributed by atoms with Gasteiger partial charge in [0.2, 0.25) is 0 Å². The maximum atomic E-state index is 12.6. The molecule has 2 fully saturated rings. The first-order valence-corrected chi connectivity index (χ1v) is 12.2. The lowest BCUT2D eigenvalue weighted by Crippen LogP contribution is -2.57. The van der Waals surface area contributed by atoms with E-state index in [9.17, 15) is 4.79 Å². The maximum Gasteiger partial charge on any atom is 0.251 e. The molecule has 2 saturated heterocycles. The molecule has 0 saturated carbocycles. The molecule has 33 heavy (non-hydrogen) atoms. The van der Waals surface area contributed by atoms with Crippen molar-refractivity contribution in [2.24, 2.45) is 10.9 Å². The maximum absolute atomic E-state index is 12.6. The van der Waals surface area contributed by atoms with Crippen LogP contribution in [0, 0.1) is 5.92 Å². The smallest absolute Gasteiger partial charge is 0.251 e. The molecule has 3 aliphatic heterocycles. The number of halogens is 1. The van der Waals surface area contributed by atoms with Crippen LogP contribution in [0.15, 0.2) is 29.3 Å². The second kappa shape index (κ2) is 12.4. The summed E-state index contributed by atoms with van der Waals surface area (Å²) in [6.07, 6.45) is 2.75. The molecule has 2 atom stereocenters. The minimum atomic E-state index is -0.222. The monoisotopic (exact) mass is 569 g/mol. The Labute approximate surface area is 215 Å². The van der Waals surface area contributed by atoms with E-state index in [1.54, 1.807) is 0 Å². The number of carbonyl (C=O) groups is 1. The third-order valence-electron chi connectivity index (χ3n) is 7.18. The first-order valence-electron chi connectivity index (χ1n) is 12.2. The molecule has 0 bridgehead atoms. The summed E-state index contributed by atoms with van der Waals surface area (Å²) in [7, 11) is 1.85. The van der Waals surface area contributed by atoms with Gasteiger partial charge in [0.1, 0.15) is 6.10 Å². The summed E-state index contributed by atoms with van der Waals surface area (Å²) >= 11 is 0. The molecule has 1 aromatic rings. The quantitative estimate of drug-likeness (QED) is 0.336. The van der Waals surface area contributed by atoms with Crippen molar-refractivity contribution in [1.29, 1.82) is 0 Å². The molecule has 184 valence electrons. The fraction of sp³-hybridized carbons (Fsp3) is 0.680. The van der Waals surface area contributed by atoms with E-state index in [4.69, 9.17) is 4.74 Å². The summed E-state index contributed by atoms with van der Waals surface area (Å²) < 4.78 is 5.58. The Morgan fingerprint density at radius 1 is 1.12 bits per heavy atom. The largest absolute Gasteiger partial charge is 0.368 e. The molecule has 0 aliphatic carbocycles. The van der Waals surface area contributed by atoms with Crippen molar-refractivity contribution in [1.82, 2.24) is 20.0 Å². The van der Waals surface area contributed by atoms with E-state index in [1.807, 2.05) is 11.9 Å². The van der Waals surface area contributed by atoms with Gasteiger partial charge >= 0.3 is 0 Å². The number of hydrogen-bond donors (Lipinski definition) is 1. The van der Waals surface area contributed by atoms with Gasteiger partial charge in [0, 0.05) is 65.5 Å². The molecular weight excluding hydrogens is 529 g/mol. The zero-order valence-electron chi connectivity index (χ0n) is 20.3. The van der Waals surface area contributed by atoms with Gasteiger partial charge in [-0.15, -0.1) is 24.0 Å². The number of carbonyl (C=O) groups excluding carboxylic acids is 1. The van der Waals surface area contributed by atoms with Crippen molar-refractivity contribution in [3.05, 3.63) is 35.4 Å². The van der Waals surface area contributed by atoms with Crippen molar-refractivity contribution in [3.8, 4) is 0 Å². The molecule has 0 radical (unpaired) electrons. The molecule has 7 nitrogen and oxygen atoms in total. The van der Waals surface area contributed by atoms with Crippen LogP contribution >= 0.6 is 24.0 Å². The Balaban J connectivity index is 0.00000306. The van der Waals surface area contributed by atoms with Gasteiger partial charge in [0.25, 0.3) is 5.91 Å². The zero-order valence-corrected chi connectivity index (χ0v) is 22.7. The van der Waals surface area contributed by atoms with Crippen LogP contribution < -0.4 is 5.32 Å². The average Bonchev–Trinajstić information content (AvgIpc) is 3.36. The number of hydrogen-bond acceptors (Lipinski definition) is 4. The topological polar surface area (TPSA) is 60.4 Å². The van der Waals surface area contributed by atoms with Crippen LogP contribution in [0.1, 0.15) is 37.8 Å². The lowest BCUT2D eigenvalue weighted by Gasteiger charge is -2.40. The second-order valence-corrected chi connectivity index (χ2v) is 9.54. The molecule has 1 aromatic carbocycles. The first-order chi connectivity index (χ1) is 15.6. The molecule has 1 N–H and O–H groups in total. The third kappa shape index (κ3) is 6.39.